The van der Waals surface area contributed by atoms with Crippen LogP contribution in [0.25, 0.3) is 21.5 Å². The lowest BCUT2D eigenvalue weighted by Gasteiger charge is -2.10. The van der Waals surface area contributed by atoms with E-state index in [1.165, 1.54) is 0 Å². The molecular weight excluding hydrogens is 228 g/mol. The summed E-state index contributed by atoms with van der Waals surface area (Å²) in [6, 6.07) is 14.0. The normalized spacial score (nSPS) is 10.9. The molecule has 0 saturated heterocycles. The number of rotatable bonds is 1. The Kier molecular flexibility index (Phi) is 2.20. The summed E-state index contributed by atoms with van der Waals surface area (Å²) in [7, 11) is 0. The fraction of sp³-hybridized carbons (Fsp3) is 0. The van der Waals surface area contributed by atoms with Crippen molar-refractivity contribution in [2.75, 3.05) is 0 Å². The molecule has 0 fully saturated rings. The fourth-order valence-electron chi connectivity index (χ4n) is 2.34. The largest absolute Gasteiger partial charge is 0.507 e. The summed E-state index contributed by atoms with van der Waals surface area (Å²) in [6.07, 6.45) is 0. The third-order valence-electron chi connectivity index (χ3n) is 3.12. The van der Waals surface area contributed by atoms with E-state index < -0.39 is 5.97 Å². The summed E-state index contributed by atoms with van der Waals surface area (Å²) in [4.78, 5) is 11.5. The van der Waals surface area contributed by atoms with Gasteiger partial charge >= 0.3 is 5.97 Å². The minimum Gasteiger partial charge on any atom is -0.507 e. The fourth-order valence-corrected chi connectivity index (χ4v) is 2.34. The number of aromatic carboxylic acids is 1. The number of aromatic hydroxyl groups is 1. The van der Waals surface area contributed by atoms with E-state index in [4.69, 9.17) is 0 Å². The minimum atomic E-state index is -0.984. The maximum atomic E-state index is 11.5. The van der Waals surface area contributed by atoms with Crippen molar-refractivity contribution >= 4 is 27.5 Å². The molecular formula is C15H10O3. The van der Waals surface area contributed by atoms with Crippen molar-refractivity contribution < 1.29 is 15.0 Å². The molecule has 3 rings (SSSR count). The first-order valence-electron chi connectivity index (χ1n) is 5.56. The average molecular weight is 238 g/mol. The number of fused-ring (bicyclic) bond motifs is 2. The first kappa shape index (κ1) is 10.6. The number of hydrogen-bond acceptors (Lipinski definition) is 2. The Hall–Kier alpha value is -2.55. The molecule has 0 aliphatic rings. The molecule has 3 nitrogen and oxygen atoms in total. The molecule has 2 N–H and O–H groups in total. The first-order chi connectivity index (χ1) is 8.70. The molecule has 0 spiro atoms. The van der Waals surface area contributed by atoms with Gasteiger partial charge < -0.3 is 10.2 Å². The number of phenolic OH excluding ortho intramolecular Hbond substituents is 1. The number of hydrogen-bond donors (Lipinski definition) is 2. The molecule has 0 amide bonds. The van der Waals surface area contributed by atoms with E-state index in [1.54, 1.807) is 48.5 Å². The van der Waals surface area contributed by atoms with Crippen LogP contribution in [-0.2, 0) is 0 Å². The molecule has 0 heterocycles. The SMILES string of the molecule is O=C(O)c1c2ccccc2c(O)c2ccccc12. The van der Waals surface area contributed by atoms with Gasteiger partial charge in [0.2, 0.25) is 0 Å². The highest BCUT2D eigenvalue weighted by atomic mass is 16.4. The van der Waals surface area contributed by atoms with Gasteiger partial charge in [-0.1, -0.05) is 48.5 Å². The lowest BCUT2D eigenvalue weighted by atomic mass is 9.96. The second-order valence-corrected chi connectivity index (χ2v) is 4.12. The van der Waals surface area contributed by atoms with Crippen molar-refractivity contribution in [3.8, 4) is 5.75 Å². The Labute approximate surface area is 103 Å². The van der Waals surface area contributed by atoms with E-state index in [0.29, 0.717) is 21.5 Å². The quantitative estimate of drug-likeness (QED) is 0.639. The van der Waals surface area contributed by atoms with Gasteiger partial charge in [0.1, 0.15) is 5.75 Å². The predicted molar refractivity (Wildman–Crippen MR) is 70.1 cm³/mol. The molecule has 3 aromatic rings. The summed E-state index contributed by atoms with van der Waals surface area (Å²) in [5.41, 5.74) is 0.235. The van der Waals surface area contributed by atoms with Crippen LogP contribution in [0.5, 0.6) is 5.75 Å². The zero-order valence-electron chi connectivity index (χ0n) is 9.42. The lowest BCUT2D eigenvalue weighted by molar-refractivity contribution is 0.0701. The van der Waals surface area contributed by atoms with Crippen molar-refractivity contribution in [3.05, 3.63) is 54.1 Å². The van der Waals surface area contributed by atoms with Crippen LogP contribution in [0.3, 0.4) is 0 Å². The Bertz CT molecular complexity index is 718. The van der Waals surface area contributed by atoms with Crippen LogP contribution in [-0.4, -0.2) is 16.2 Å². The highest BCUT2D eigenvalue weighted by Gasteiger charge is 2.16. The lowest BCUT2D eigenvalue weighted by Crippen LogP contribution is -1.99. The molecule has 0 aromatic heterocycles. The number of benzene rings is 3. The molecule has 0 bridgehead atoms. The molecule has 88 valence electrons. The number of phenols is 1. The summed E-state index contributed by atoms with van der Waals surface area (Å²) < 4.78 is 0. The van der Waals surface area contributed by atoms with Crippen LogP contribution in [0.15, 0.2) is 48.5 Å². The van der Waals surface area contributed by atoms with Crippen LogP contribution < -0.4 is 0 Å². The van der Waals surface area contributed by atoms with Gasteiger partial charge in [-0.2, -0.15) is 0 Å². The molecule has 0 unspecified atom stereocenters. The second kappa shape index (κ2) is 3.74. The standard InChI is InChI=1S/C15H10O3/c16-14-11-7-3-1-5-9(11)13(15(17)18)10-6-2-4-8-12(10)14/h1-8,16H,(H,17,18). The van der Waals surface area contributed by atoms with E-state index in [9.17, 15) is 15.0 Å². The van der Waals surface area contributed by atoms with Crippen LogP contribution in [0.4, 0.5) is 0 Å². The van der Waals surface area contributed by atoms with E-state index in [1.807, 2.05) is 0 Å². The zero-order valence-corrected chi connectivity index (χ0v) is 9.42. The molecule has 0 aliphatic heterocycles. The van der Waals surface area contributed by atoms with E-state index in [0.717, 1.165) is 0 Å². The van der Waals surface area contributed by atoms with Gasteiger partial charge in [0.05, 0.1) is 5.56 Å². The third kappa shape index (κ3) is 1.34. The van der Waals surface area contributed by atoms with Crippen molar-refractivity contribution in [2.45, 2.75) is 0 Å². The smallest absolute Gasteiger partial charge is 0.336 e. The Morgan fingerprint density at radius 1 is 0.778 bits per heavy atom. The highest BCUT2D eigenvalue weighted by Crippen LogP contribution is 2.37. The summed E-state index contributed by atoms with van der Waals surface area (Å²) in [5, 5.41) is 21.9. The van der Waals surface area contributed by atoms with Crippen LogP contribution >= 0.6 is 0 Å². The monoisotopic (exact) mass is 238 g/mol. The zero-order chi connectivity index (χ0) is 12.7. The van der Waals surface area contributed by atoms with E-state index in [2.05, 4.69) is 0 Å². The van der Waals surface area contributed by atoms with Gasteiger partial charge in [0.15, 0.2) is 0 Å². The van der Waals surface area contributed by atoms with Gasteiger partial charge in [-0.3, -0.25) is 0 Å². The molecule has 0 atom stereocenters. The highest BCUT2D eigenvalue weighted by molar-refractivity contribution is 6.19. The van der Waals surface area contributed by atoms with Crippen LogP contribution in [0, 0.1) is 0 Å². The van der Waals surface area contributed by atoms with Crippen molar-refractivity contribution in [1.82, 2.24) is 0 Å². The molecule has 0 saturated carbocycles. The van der Waals surface area contributed by atoms with Gasteiger partial charge in [-0.25, -0.2) is 4.79 Å². The third-order valence-corrected chi connectivity index (χ3v) is 3.12. The average Bonchev–Trinajstić information content (AvgIpc) is 2.39. The second-order valence-electron chi connectivity index (χ2n) is 4.12. The summed E-state index contributed by atoms with van der Waals surface area (Å²) >= 11 is 0. The van der Waals surface area contributed by atoms with Crippen molar-refractivity contribution in [2.24, 2.45) is 0 Å². The maximum absolute atomic E-state index is 11.5. The Morgan fingerprint density at radius 2 is 1.17 bits per heavy atom. The maximum Gasteiger partial charge on any atom is 0.336 e. The summed E-state index contributed by atoms with van der Waals surface area (Å²) in [6.45, 7) is 0. The topological polar surface area (TPSA) is 57.5 Å². The van der Waals surface area contributed by atoms with Crippen molar-refractivity contribution in [1.29, 1.82) is 0 Å². The van der Waals surface area contributed by atoms with Crippen LogP contribution in [0.1, 0.15) is 10.4 Å². The molecule has 0 aliphatic carbocycles. The molecule has 3 heteroatoms. The van der Waals surface area contributed by atoms with Gasteiger partial charge in [0, 0.05) is 21.5 Å². The van der Waals surface area contributed by atoms with E-state index >= 15 is 0 Å². The van der Waals surface area contributed by atoms with Crippen molar-refractivity contribution in [3.63, 3.8) is 0 Å². The van der Waals surface area contributed by atoms with Gasteiger partial charge in [0.25, 0.3) is 0 Å². The molecule has 18 heavy (non-hydrogen) atoms. The first-order valence-corrected chi connectivity index (χ1v) is 5.56. The number of carbonyl (C=O) groups is 1. The van der Waals surface area contributed by atoms with Crippen LogP contribution in [0.2, 0.25) is 0 Å². The Balaban J connectivity index is 2.67. The number of carboxylic acid groups (broad SMARTS) is 1. The molecule has 3 aromatic carbocycles. The minimum absolute atomic E-state index is 0.131. The summed E-state index contributed by atoms with van der Waals surface area (Å²) in [5.74, 6) is -0.853. The van der Waals surface area contributed by atoms with Gasteiger partial charge in [-0.15, -0.1) is 0 Å². The molecule has 0 radical (unpaired) electrons. The number of carboxylic acids is 1. The Morgan fingerprint density at radius 3 is 1.56 bits per heavy atom. The van der Waals surface area contributed by atoms with E-state index in [-0.39, 0.29) is 11.3 Å². The van der Waals surface area contributed by atoms with Gasteiger partial charge in [-0.05, 0) is 0 Å². The predicted octanol–water partition coefficient (Wildman–Crippen LogP) is 3.40.